The molecule has 2 aromatic carbocycles. The van der Waals surface area contributed by atoms with Crippen LogP contribution in [0.3, 0.4) is 0 Å². The highest BCUT2D eigenvalue weighted by molar-refractivity contribution is 7.92. The Balaban J connectivity index is 1.79. The number of ether oxygens (including phenoxy) is 1. The molecule has 0 atom stereocenters. The molecular formula is C22H20ClN3O7S. The number of furan rings is 1. The maximum absolute atomic E-state index is 13.1. The van der Waals surface area contributed by atoms with Gasteiger partial charge in [0.25, 0.3) is 10.0 Å². The topological polar surface area (TPSA) is 130 Å². The van der Waals surface area contributed by atoms with E-state index in [0.29, 0.717) is 27.6 Å². The first kappa shape index (κ1) is 23.6. The lowest BCUT2D eigenvalue weighted by Gasteiger charge is -2.14. The van der Waals surface area contributed by atoms with Crippen LogP contribution >= 0.6 is 11.6 Å². The van der Waals surface area contributed by atoms with Crippen LogP contribution in [-0.4, -0.2) is 30.1 Å². The number of aromatic nitrogens is 2. The van der Waals surface area contributed by atoms with E-state index in [4.69, 9.17) is 20.8 Å². The van der Waals surface area contributed by atoms with Gasteiger partial charge in [-0.2, -0.15) is 0 Å². The molecule has 0 fully saturated rings. The van der Waals surface area contributed by atoms with Gasteiger partial charge in [0.05, 0.1) is 33.2 Å². The van der Waals surface area contributed by atoms with Crippen molar-refractivity contribution >= 4 is 55.3 Å². The summed E-state index contributed by atoms with van der Waals surface area (Å²) in [4.78, 5) is 36.2. The maximum Gasteiger partial charge on any atom is 0.374 e. The Morgan fingerprint density at radius 1 is 1.09 bits per heavy atom. The average Bonchev–Trinajstić information content (AvgIpc) is 3.13. The highest BCUT2D eigenvalue weighted by Crippen LogP contribution is 2.31. The summed E-state index contributed by atoms with van der Waals surface area (Å²) in [5.41, 5.74) is -0.00506. The van der Waals surface area contributed by atoms with Crippen LogP contribution in [0.2, 0.25) is 5.02 Å². The van der Waals surface area contributed by atoms with E-state index < -0.39 is 27.1 Å². The molecule has 2 aromatic heterocycles. The number of sulfonamides is 1. The Bertz CT molecular complexity index is 1710. The molecule has 1 N–H and O–H groups in total. The van der Waals surface area contributed by atoms with Crippen LogP contribution in [0, 0.1) is 6.92 Å². The van der Waals surface area contributed by atoms with E-state index in [0.717, 1.165) is 9.13 Å². The Morgan fingerprint density at radius 2 is 1.71 bits per heavy atom. The molecular weight excluding hydrogens is 486 g/mol. The lowest BCUT2D eigenvalue weighted by atomic mass is 10.1. The smallest absolute Gasteiger partial charge is 0.374 e. The summed E-state index contributed by atoms with van der Waals surface area (Å²) in [5.74, 6) is -0.634. The van der Waals surface area contributed by atoms with Crippen molar-refractivity contribution in [3.05, 3.63) is 67.4 Å². The van der Waals surface area contributed by atoms with Gasteiger partial charge in [-0.05, 0) is 44.2 Å². The number of carbonyl (C=O) groups is 1. The standard InChI is InChI=1S/C22H20ClN3O7S/c1-5-32-22(29)19-11(2)13-8-12(6-7-18(13)33-19)34(30,31)24-15-10-17-16(9-14(15)23)25(3)20(27)21(28)26(17)4/h6-10,24H,5H2,1-4H3. The molecule has 0 aliphatic rings. The number of benzene rings is 2. The van der Waals surface area contributed by atoms with Crippen molar-refractivity contribution in [3.63, 3.8) is 0 Å². The normalized spacial score (nSPS) is 11.8. The van der Waals surface area contributed by atoms with Crippen molar-refractivity contribution in [2.75, 3.05) is 11.3 Å². The zero-order valence-corrected chi connectivity index (χ0v) is 20.2. The summed E-state index contributed by atoms with van der Waals surface area (Å²) >= 11 is 6.31. The lowest BCUT2D eigenvalue weighted by Crippen LogP contribution is -2.39. The molecule has 10 nitrogen and oxygen atoms in total. The Morgan fingerprint density at radius 3 is 2.32 bits per heavy atom. The third-order valence-electron chi connectivity index (χ3n) is 5.50. The number of nitrogens with zero attached hydrogens (tertiary/aromatic N) is 2. The first-order valence-corrected chi connectivity index (χ1v) is 11.9. The van der Waals surface area contributed by atoms with Crippen LogP contribution in [0.4, 0.5) is 5.69 Å². The van der Waals surface area contributed by atoms with Crippen LogP contribution in [0.25, 0.3) is 22.0 Å². The van der Waals surface area contributed by atoms with Gasteiger partial charge in [0.15, 0.2) is 0 Å². The van der Waals surface area contributed by atoms with E-state index in [1.54, 1.807) is 13.8 Å². The minimum atomic E-state index is -4.12. The lowest BCUT2D eigenvalue weighted by molar-refractivity contribution is 0.0491. The van der Waals surface area contributed by atoms with Gasteiger partial charge in [-0.3, -0.25) is 14.3 Å². The molecule has 0 amide bonds. The second-order valence-electron chi connectivity index (χ2n) is 7.59. The van der Waals surface area contributed by atoms with Gasteiger partial charge in [0, 0.05) is 25.0 Å². The second kappa shape index (κ2) is 8.33. The number of hydrogen-bond donors (Lipinski definition) is 1. The Labute approximate surface area is 198 Å². The van der Waals surface area contributed by atoms with Crippen LogP contribution < -0.4 is 15.8 Å². The number of halogens is 1. The van der Waals surface area contributed by atoms with Crippen molar-refractivity contribution in [1.82, 2.24) is 9.13 Å². The quantitative estimate of drug-likeness (QED) is 0.326. The molecule has 0 saturated carbocycles. The SMILES string of the molecule is CCOC(=O)c1oc2ccc(S(=O)(=O)Nc3cc4c(cc3Cl)n(C)c(=O)c(=O)n4C)cc2c1C. The van der Waals surface area contributed by atoms with E-state index in [1.807, 2.05) is 0 Å². The van der Waals surface area contributed by atoms with E-state index in [-0.39, 0.29) is 28.0 Å². The zero-order valence-electron chi connectivity index (χ0n) is 18.6. The van der Waals surface area contributed by atoms with E-state index in [1.165, 1.54) is 44.4 Å². The number of esters is 1. The number of rotatable bonds is 5. The second-order valence-corrected chi connectivity index (χ2v) is 9.68. The van der Waals surface area contributed by atoms with Crippen LogP contribution in [0.15, 0.2) is 49.2 Å². The van der Waals surface area contributed by atoms with Gasteiger partial charge < -0.3 is 18.3 Å². The summed E-state index contributed by atoms with van der Waals surface area (Å²) in [7, 11) is -1.28. The van der Waals surface area contributed by atoms with Gasteiger partial charge in [0.1, 0.15) is 5.58 Å². The summed E-state index contributed by atoms with van der Waals surface area (Å²) in [5, 5.41) is 0.475. The fourth-order valence-electron chi connectivity index (χ4n) is 3.63. The van der Waals surface area contributed by atoms with Gasteiger partial charge in [-0.1, -0.05) is 11.6 Å². The van der Waals surface area contributed by atoms with Gasteiger partial charge in [0.2, 0.25) is 5.76 Å². The number of fused-ring (bicyclic) bond motifs is 2. The summed E-state index contributed by atoms with van der Waals surface area (Å²) in [6.45, 7) is 3.47. The number of nitrogens with one attached hydrogen (secondary N) is 1. The molecule has 0 saturated heterocycles. The molecule has 34 heavy (non-hydrogen) atoms. The van der Waals surface area contributed by atoms with Crippen LogP contribution in [0.1, 0.15) is 23.0 Å². The highest BCUT2D eigenvalue weighted by Gasteiger charge is 2.23. The molecule has 12 heteroatoms. The third kappa shape index (κ3) is 3.76. The number of hydrogen-bond acceptors (Lipinski definition) is 7. The van der Waals surface area contributed by atoms with Crippen molar-refractivity contribution in [2.45, 2.75) is 18.7 Å². The van der Waals surface area contributed by atoms with Gasteiger partial charge in [-0.25, -0.2) is 13.2 Å². The van der Waals surface area contributed by atoms with Crippen LogP contribution in [-0.2, 0) is 28.9 Å². The highest BCUT2D eigenvalue weighted by atomic mass is 35.5. The first-order chi connectivity index (χ1) is 16.0. The van der Waals surface area contributed by atoms with Crippen molar-refractivity contribution < 1.29 is 22.4 Å². The van der Waals surface area contributed by atoms with E-state index >= 15 is 0 Å². The molecule has 178 valence electrons. The monoisotopic (exact) mass is 505 g/mol. The predicted octanol–water partition coefficient (Wildman–Crippen LogP) is 2.92. The van der Waals surface area contributed by atoms with E-state index in [9.17, 15) is 22.8 Å². The first-order valence-electron chi connectivity index (χ1n) is 10.1. The molecule has 2 heterocycles. The minimum absolute atomic E-state index is 0.00320. The zero-order chi connectivity index (χ0) is 24.9. The number of anilines is 1. The Hall–Kier alpha value is -3.57. The third-order valence-corrected chi connectivity index (χ3v) is 7.18. The summed E-state index contributed by atoms with van der Waals surface area (Å²) in [6, 6.07) is 6.95. The fraction of sp³-hybridized carbons (Fsp3) is 0.227. The number of carbonyl (C=O) groups excluding carboxylic acids is 1. The van der Waals surface area contributed by atoms with Gasteiger partial charge in [-0.15, -0.1) is 0 Å². The average molecular weight is 506 g/mol. The molecule has 0 unspecified atom stereocenters. The molecule has 0 bridgehead atoms. The molecule has 0 spiro atoms. The Kier molecular flexibility index (Phi) is 5.78. The molecule has 4 rings (SSSR count). The van der Waals surface area contributed by atoms with Crippen molar-refractivity contribution in [2.24, 2.45) is 14.1 Å². The maximum atomic E-state index is 13.1. The fourth-order valence-corrected chi connectivity index (χ4v) is 4.99. The summed E-state index contributed by atoms with van der Waals surface area (Å²) in [6.07, 6.45) is 0. The van der Waals surface area contributed by atoms with E-state index in [2.05, 4.69) is 4.72 Å². The van der Waals surface area contributed by atoms with Crippen molar-refractivity contribution in [3.8, 4) is 0 Å². The molecule has 0 radical (unpaired) electrons. The molecule has 4 aromatic rings. The van der Waals surface area contributed by atoms with Crippen molar-refractivity contribution in [1.29, 1.82) is 0 Å². The minimum Gasteiger partial charge on any atom is -0.460 e. The van der Waals surface area contributed by atoms with Crippen LogP contribution in [0.5, 0.6) is 0 Å². The predicted molar refractivity (Wildman–Crippen MR) is 127 cm³/mol. The largest absolute Gasteiger partial charge is 0.460 e. The summed E-state index contributed by atoms with van der Waals surface area (Å²) < 4.78 is 41.5. The number of aryl methyl sites for hydroxylation is 3. The molecule has 0 aliphatic heterocycles. The molecule has 0 aliphatic carbocycles. The van der Waals surface area contributed by atoms with Gasteiger partial charge >= 0.3 is 17.1 Å².